The van der Waals surface area contributed by atoms with Gasteiger partial charge in [-0.05, 0) is 12.1 Å². The smallest absolute Gasteiger partial charge is 0.250 e. The summed E-state index contributed by atoms with van der Waals surface area (Å²) in [7, 11) is 0. The Bertz CT molecular complexity index is 342. The van der Waals surface area contributed by atoms with E-state index in [1.807, 2.05) is 0 Å². The van der Waals surface area contributed by atoms with Crippen molar-refractivity contribution in [1.82, 2.24) is 4.98 Å². The zero-order valence-electron chi connectivity index (χ0n) is 6.17. The van der Waals surface area contributed by atoms with Crippen LogP contribution in [-0.4, -0.2) is 10.5 Å². The van der Waals surface area contributed by atoms with E-state index in [0.717, 1.165) is 6.07 Å². The van der Waals surface area contributed by atoms with Gasteiger partial charge in [-0.25, -0.2) is 4.98 Å². The molecule has 0 aromatic carbocycles. The number of halogens is 3. The van der Waals surface area contributed by atoms with Gasteiger partial charge in [0.1, 0.15) is 5.03 Å². The van der Waals surface area contributed by atoms with Crippen LogP contribution in [0.5, 0.6) is 0 Å². The van der Waals surface area contributed by atoms with Crippen molar-refractivity contribution in [3.63, 3.8) is 0 Å². The minimum atomic E-state index is -4.36. The first-order chi connectivity index (χ1) is 6.01. The molecule has 0 saturated heterocycles. The van der Waals surface area contributed by atoms with Gasteiger partial charge in [-0.3, -0.25) is 0 Å². The third kappa shape index (κ3) is 3.34. The lowest BCUT2D eigenvalue weighted by Gasteiger charge is -2.03. The number of aromatic nitrogens is 1. The highest BCUT2D eigenvalue weighted by Gasteiger charge is 2.29. The Morgan fingerprint density at radius 3 is 2.69 bits per heavy atom. The molecule has 0 aliphatic carbocycles. The van der Waals surface area contributed by atoms with Crippen LogP contribution >= 0.6 is 11.8 Å². The molecular weight excluding hydrogens is 201 g/mol. The van der Waals surface area contributed by atoms with Crippen molar-refractivity contribution in [2.75, 3.05) is 0 Å². The number of thioether (sulfide) groups is 1. The molecule has 0 amide bonds. The van der Waals surface area contributed by atoms with Crippen LogP contribution in [0.4, 0.5) is 13.2 Å². The van der Waals surface area contributed by atoms with E-state index < -0.39 is 5.51 Å². The van der Waals surface area contributed by atoms with Gasteiger partial charge in [-0.2, -0.15) is 18.4 Å². The molecule has 0 unspecified atom stereocenters. The summed E-state index contributed by atoms with van der Waals surface area (Å²) in [6.45, 7) is 0. The number of alkyl halides is 3. The molecule has 0 N–H and O–H groups in total. The van der Waals surface area contributed by atoms with E-state index in [4.69, 9.17) is 5.26 Å². The maximum Gasteiger partial charge on any atom is 0.447 e. The van der Waals surface area contributed by atoms with Crippen LogP contribution in [0.15, 0.2) is 23.4 Å². The molecule has 0 radical (unpaired) electrons. The maximum atomic E-state index is 11.8. The second-order valence-corrected chi connectivity index (χ2v) is 3.13. The molecule has 13 heavy (non-hydrogen) atoms. The van der Waals surface area contributed by atoms with Crippen LogP contribution < -0.4 is 0 Å². The van der Waals surface area contributed by atoms with Crippen molar-refractivity contribution in [3.05, 3.63) is 23.9 Å². The van der Waals surface area contributed by atoms with E-state index in [9.17, 15) is 13.2 Å². The zero-order valence-corrected chi connectivity index (χ0v) is 6.99. The van der Waals surface area contributed by atoms with Gasteiger partial charge in [0.2, 0.25) is 0 Å². The van der Waals surface area contributed by atoms with Gasteiger partial charge in [-0.15, -0.1) is 0 Å². The summed E-state index contributed by atoms with van der Waals surface area (Å²) in [6, 6.07) is 4.18. The predicted molar refractivity (Wildman–Crippen MR) is 40.9 cm³/mol. The molecule has 1 aromatic heterocycles. The number of hydrogen-bond acceptors (Lipinski definition) is 3. The van der Waals surface area contributed by atoms with Crippen LogP contribution in [-0.2, 0) is 0 Å². The second kappa shape index (κ2) is 3.66. The number of nitrogens with zero attached hydrogens (tertiary/aromatic N) is 2. The van der Waals surface area contributed by atoms with E-state index in [1.165, 1.54) is 12.3 Å². The Labute approximate surface area is 76.4 Å². The van der Waals surface area contributed by atoms with Crippen molar-refractivity contribution in [3.8, 4) is 6.07 Å². The molecule has 6 heteroatoms. The first-order valence-electron chi connectivity index (χ1n) is 3.13. The Hall–Kier alpha value is -1.22. The molecule has 0 saturated carbocycles. The monoisotopic (exact) mass is 204 g/mol. The lowest BCUT2D eigenvalue weighted by molar-refractivity contribution is -0.0329. The van der Waals surface area contributed by atoms with Crippen molar-refractivity contribution in [2.45, 2.75) is 10.5 Å². The van der Waals surface area contributed by atoms with Crippen LogP contribution in [0.1, 0.15) is 5.56 Å². The Morgan fingerprint density at radius 1 is 1.46 bits per heavy atom. The standard InChI is InChI=1S/C7H3F3N2S/c8-7(9,10)13-6-3-5(4-11)1-2-12-6/h1-3H. The summed E-state index contributed by atoms with van der Waals surface area (Å²) < 4.78 is 35.5. The minimum Gasteiger partial charge on any atom is -0.250 e. The summed E-state index contributed by atoms with van der Waals surface area (Å²) in [5.74, 6) is 0. The summed E-state index contributed by atoms with van der Waals surface area (Å²) in [6.07, 6.45) is 1.17. The van der Waals surface area contributed by atoms with Crippen LogP contribution in [0, 0.1) is 11.3 Å². The summed E-state index contributed by atoms with van der Waals surface area (Å²) >= 11 is -0.332. The molecule has 0 atom stereocenters. The molecule has 0 spiro atoms. The summed E-state index contributed by atoms with van der Waals surface area (Å²) in [5.41, 5.74) is -4.19. The highest BCUT2D eigenvalue weighted by atomic mass is 32.2. The number of nitriles is 1. The first kappa shape index (κ1) is 9.86. The fourth-order valence-electron chi connectivity index (χ4n) is 0.653. The Balaban J connectivity index is 2.86. The Morgan fingerprint density at radius 2 is 2.15 bits per heavy atom. The van der Waals surface area contributed by atoms with Crippen molar-refractivity contribution in [1.29, 1.82) is 5.26 Å². The highest BCUT2D eigenvalue weighted by molar-refractivity contribution is 8.00. The van der Waals surface area contributed by atoms with Crippen LogP contribution in [0.25, 0.3) is 0 Å². The zero-order chi connectivity index (χ0) is 9.90. The molecule has 1 rings (SSSR count). The van der Waals surface area contributed by atoms with Crippen molar-refractivity contribution in [2.24, 2.45) is 0 Å². The minimum absolute atomic E-state index is 0.168. The third-order valence-corrected chi connectivity index (χ3v) is 1.75. The third-order valence-electron chi connectivity index (χ3n) is 1.08. The van der Waals surface area contributed by atoms with Crippen molar-refractivity contribution < 1.29 is 13.2 Å². The molecule has 0 aliphatic rings. The van der Waals surface area contributed by atoms with Gasteiger partial charge in [0, 0.05) is 18.0 Å². The molecule has 68 valence electrons. The maximum absolute atomic E-state index is 11.8. The van der Waals surface area contributed by atoms with Crippen LogP contribution in [0.3, 0.4) is 0 Å². The molecule has 1 heterocycles. The second-order valence-electron chi connectivity index (χ2n) is 2.04. The largest absolute Gasteiger partial charge is 0.447 e. The number of hydrogen-bond donors (Lipinski definition) is 0. The van der Waals surface area contributed by atoms with E-state index in [-0.39, 0.29) is 22.4 Å². The van der Waals surface area contributed by atoms with E-state index in [0.29, 0.717) is 0 Å². The van der Waals surface area contributed by atoms with Gasteiger partial charge >= 0.3 is 5.51 Å². The molecule has 0 fully saturated rings. The SMILES string of the molecule is N#Cc1ccnc(SC(F)(F)F)c1. The number of pyridine rings is 1. The van der Waals surface area contributed by atoms with Crippen LogP contribution in [0.2, 0.25) is 0 Å². The van der Waals surface area contributed by atoms with Gasteiger partial charge in [-0.1, -0.05) is 0 Å². The fourth-order valence-corrected chi connectivity index (χ4v) is 1.19. The quantitative estimate of drug-likeness (QED) is 0.659. The predicted octanol–water partition coefficient (Wildman–Crippen LogP) is 2.57. The van der Waals surface area contributed by atoms with E-state index in [2.05, 4.69) is 4.98 Å². The van der Waals surface area contributed by atoms with Gasteiger partial charge in [0.15, 0.2) is 0 Å². The molecule has 2 nitrogen and oxygen atoms in total. The lowest BCUT2D eigenvalue weighted by Crippen LogP contribution is -2.00. The molecule has 1 aromatic rings. The highest BCUT2D eigenvalue weighted by Crippen LogP contribution is 2.35. The van der Waals surface area contributed by atoms with E-state index >= 15 is 0 Å². The van der Waals surface area contributed by atoms with Gasteiger partial charge in [0.25, 0.3) is 0 Å². The molecular formula is C7H3F3N2S. The van der Waals surface area contributed by atoms with Crippen molar-refractivity contribution >= 4 is 11.8 Å². The summed E-state index contributed by atoms with van der Waals surface area (Å²) in [5, 5.41) is 8.18. The first-order valence-corrected chi connectivity index (χ1v) is 3.95. The van der Waals surface area contributed by atoms with E-state index in [1.54, 1.807) is 6.07 Å². The number of rotatable bonds is 1. The topological polar surface area (TPSA) is 36.7 Å². The fraction of sp³-hybridized carbons (Fsp3) is 0.143. The average Bonchev–Trinajstić information content (AvgIpc) is 2.01. The van der Waals surface area contributed by atoms with Gasteiger partial charge < -0.3 is 0 Å². The lowest BCUT2D eigenvalue weighted by atomic mass is 10.3. The normalized spacial score (nSPS) is 10.9. The summed E-state index contributed by atoms with van der Waals surface area (Å²) in [4.78, 5) is 3.46. The molecule has 0 aliphatic heterocycles. The molecule has 0 bridgehead atoms. The Kier molecular flexibility index (Phi) is 2.78. The average molecular weight is 204 g/mol. The van der Waals surface area contributed by atoms with Gasteiger partial charge in [0.05, 0.1) is 11.6 Å².